The molecule has 10 aromatic rings. The third-order valence-electron chi connectivity index (χ3n) is 12.4. The van der Waals surface area contributed by atoms with Crippen molar-refractivity contribution >= 4 is 10.8 Å². The molecule has 11 rings (SSSR count). The summed E-state index contributed by atoms with van der Waals surface area (Å²) in [5.74, 6) is 0.696. The molecule has 0 bridgehead atoms. The van der Waals surface area contributed by atoms with Crippen LogP contribution < -0.4 is 0 Å². The van der Waals surface area contributed by atoms with E-state index in [1.807, 2.05) is 30.5 Å². The quantitative estimate of drug-likeness (QED) is 0.162. The van der Waals surface area contributed by atoms with Crippen LogP contribution in [-0.4, -0.2) is 15.0 Å². The topological polar surface area (TPSA) is 38.7 Å². The molecule has 61 heavy (non-hydrogen) atoms. The number of fused-ring (bicyclic) bond motifs is 5. The molecule has 2 heterocycles. The molecule has 0 spiro atoms. The van der Waals surface area contributed by atoms with Crippen LogP contribution >= 0.6 is 0 Å². The van der Waals surface area contributed by atoms with Gasteiger partial charge in [0.2, 0.25) is 0 Å². The van der Waals surface area contributed by atoms with Crippen LogP contribution in [0.15, 0.2) is 213 Å². The molecule has 1 aliphatic carbocycles. The fraction of sp³-hybridized carbons (Fsp3) is 0.0517. The molecule has 8 aromatic carbocycles. The second-order valence-corrected chi connectivity index (χ2v) is 16.5. The largest absolute Gasteiger partial charge is 0.264 e. The summed E-state index contributed by atoms with van der Waals surface area (Å²) >= 11 is 0. The molecule has 0 radical (unpaired) electrons. The average molecular weight is 780 g/mol. The highest BCUT2D eigenvalue weighted by molar-refractivity contribution is 6.01. The Balaban J connectivity index is 0.949. The molecular weight excluding hydrogens is 739 g/mol. The number of benzene rings is 8. The van der Waals surface area contributed by atoms with Gasteiger partial charge in [-0.15, -0.1) is 0 Å². The standard InChI is InChI=1S/C58H41N3/c1-58(2)52-25-11-24-49(55(52)51-31-30-39-13-6-7-23-50(39)56(51)58)46-20-9-18-44(34-46)42-16-8-17-43(33-42)45-19-10-21-47(35-45)54-36-53(60-57(61-54)41-14-4-3-5-15-41)40-28-26-38(27-29-40)48-22-12-32-59-37-48/h3-37H,1-2H3. The zero-order chi connectivity index (χ0) is 40.9. The van der Waals surface area contributed by atoms with Crippen molar-refractivity contribution in [2.24, 2.45) is 0 Å². The molecule has 0 unspecified atom stereocenters. The molecule has 2 aromatic heterocycles. The minimum atomic E-state index is -0.106. The average Bonchev–Trinajstić information content (AvgIpc) is 3.58. The maximum atomic E-state index is 5.15. The number of pyridine rings is 1. The van der Waals surface area contributed by atoms with E-state index in [9.17, 15) is 0 Å². The first-order valence-corrected chi connectivity index (χ1v) is 20.9. The van der Waals surface area contributed by atoms with Gasteiger partial charge >= 0.3 is 0 Å². The third-order valence-corrected chi connectivity index (χ3v) is 12.4. The van der Waals surface area contributed by atoms with Gasteiger partial charge in [-0.25, -0.2) is 9.97 Å². The summed E-state index contributed by atoms with van der Waals surface area (Å²) in [5, 5.41) is 2.63. The van der Waals surface area contributed by atoms with E-state index in [1.54, 1.807) is 6.20 Å². The van der Waals surface area contributed by atoms with Crippen molar-refractivity contribution < 1.29 is 0 Å². The highest BCUT2D eigenvalue weighted by Crippen LogP contribution is 2.54. The number of hydrogen-bond donors (Lipinski definition) is 0. The molecule has 0 aliphatic heterocycles. The Bertz CT molecular complexity index is 3260. The maximum absolute atomic E-state index is 5.15. The SMILES string of the molecule is CC1(C)c2cccc(-c3cccc(-c4cccc(-c5cccc(-c6cc(-c7ccc(-c8cccnc8)cc7)nc(-c7ccccc7)n6)c5)c4)c3)c2-c2ccc3ccccc3c21. The molecule has 0 saturated carbocycles. The number of nitrogens with zero attached hydrogens (tertiary/aromatic N) is 3. The molecular formula is C58H41N3. The van der Waals surface area contributed by atoms with Crippen LogP contribution in [0.4, 0.5) is 0 Å². The van der Waals surface area contributed by atoms with Crippen LogP contribution in [0, 0.1) is 0 Å². The molecule has 3 heteroatoms. The number of aromatic nitrogens is 3. The lowest BCUT2D eigenvalue weighted by Gasteiger charge is -2.23. The summed E-state index contributed by atoms with van der Waals surface area (Å²) in [7, 11) is 0. The summed E-state index contributed by atoms with van der Waals surface area (Å²) in [6, 6.07) is 71.8. The number of hydrogen-bond acceptors (Lipinski definition) is 3. The van der Waals surface area contributed by atoms with E-state index in [4.69, 9.17) is 9.97 Å². The fourth-order valence-corrected chi connectivity index (χ4v) is 9.32. The zero-order valence-corrected chi connectivity index (χ0v) is 34.0. The highest BCUT2D eigenvalue weighted by Gasteiger charge is 2.38. The normalized spacial score (nSPS) is 12.6. The van der Waals surface area contributed by atoms with Crippen molar-refractivity contribution in [3.05, 3.63) is 224 Å². The van der Waals surface area contributed by atoms with E-state index in [0.717, 1.165) is 50.3 Å². The van der Waals surface area contributed by atoms with Gasteiger partial charge in [0.1, 0.15) is 0 Å². The van der Waals surface area contributed by atoms with Crippen molar-refractivity contribution in [3.63, 3.8) is 0 Å². The Kier molecular flexibility index (Phi) is 8.82. The van der Waals surface area contributed by atoms with Gasteiger partial charge in [0.05, 0.1) is 11.4 Å². The summed E-state index contributed by atoms with van der Waals surface area (Å²) in [6.45, 7) is 4.75. The Morgan fingerprint density at radius 1 is 0.377 bits per heavy atom. The summed E-state index contributed by atoms with van der Waals surface area (Å²) in [5.41, 5.74) is 19.5. The maximum Gasteiger partial charge on any atom is 0.160 e. The Hall–Kier alpha value is -7.75. The van der Waals surface area contributed by atoms with E-state index in [0.29, 0.717) is 5.82 Å². The molecule has 0 atom stereocenters. The van der Waals surface area contributed by atoms with Crippen LogP contribution in [0.5, 0.6) is 0 Å². The Morgan fingerprint density at radius 2 is 0.951 bits per heavy atom. The van der Waals surface area contributed by atoms with Crippen molar-refractivity contribution in [1.29, 1.82) is 0 Å². The van der Waals surface area contributed by atoms with Gasteiger partial charge in [-0.3, -0.25) is 4.98 Å². The van der Waals surface area contributed by atoms with E-state index >= 15 is 0 Å². The minimum absolute atomic E-state index is 0.106. The van der Waals surface area contributed by atoms with Gasteiger partial charge in [0.15, 0.2) is 5.82 Å². The summed E-state index contributed by atoms with van der Waals surface area (Å²) in [4.78, 5) is 14.5. The molecule has 0 saturated heterocycles. The fourth-order valence-electron chi connectivity index (χ4n) is 9.32. The first-order chi connectivity index (χ1) is 30.0. The van der Waals surface area contributed by atoms with Gasteiger partial charge in [-0.05, 0) is 108 Å². The Labute approximate surface area is 356 Å². The first kappa shape index (κ1) is 36.3. The van der Waals surface area contributed by atoms with Crippen LogP contribution in [0.3, 0.4) is 0 Å². The third kappa shape index (κ3) is 6.52. The van der Waals surface area contributed by atoms with Crippen molar-refractivity contribution in [1.82, 2.24) is 15.0 Å². The first-order valence-electron chi connectivity index (χ1n) is 20.9. The second kappa shape index (κ2) is 14.8. The van der Waals surface area contributed by atoms with Crippen molar-refractivity contribution in [2.45, 2.75) is 19.3 Å². The van der Waals surface area contributed by atoms with Gasteiger partial charge < -0.3 is 0 Å². The molecule has 3 nitrogen and oxygen atoms in total. The second-order valence-electron chi connectivity index (χ2n) is 16.5. The number of rotatable bonds is 7. The van der Waals surface area contributed by atoms with Gasteiger partial charge in [-0.1, -0.05) is 184 Å². The van der Waals surface area contributed by atoms with Gasteiger partial charge in [-0.2, -0.15) is 0 Å². The monoisotopic (exact) mass is 779 g/mol. The Morgan fingerprint density at radius 3 is 1.67 bits per heavy atom. The van der Waals surface area contributed by atoms with E-state index < -0.39 is 0 Å². The lowest BCUT2D eigenvalue weighted by molar-refractivity contribution is 0.666. The summed E-state index contributed by atoms with van der Waals surface area (Å²) in [6.07, 6.45) is 3.69. The summed E-state index contributed by atoms with van der Waals surface area (Å²) < 4.78 is 0. The van der Waals surface area contributed by atoms with Crippen LogP contribution in [0.1, 0.15) is 25.0 Å². The van der Waals surface area contributed by atoms with Gasteiger partial charge in [0, 0.05) is 34.5 Å². The molecule has 288 valence electrons. The van der Waals surface area contributed by atoms with E-state index in [1.165, 1.54) is 55.3 Å². The van der Waals surface area contributed by atoms with Gasteiger partial charge in [0.25, 0.3) is 0 Å². The molecule has 0 fully saturated rings. The van der Waals surface area contributed by atoms with Crippen molar-refractivity contribution in [3.8, 4) is 89.5 Å². The lowest BCUT2D eigenvalue weighted by atomic mass is 9.80. The lowest BCUT2D eigenvalue weighted by Crippen LogP contribution is -2.15. The predicted octanol–water partition coefficient (Wildman–Crippen LogP) is 15.0. The smallest absolute Gasteiger partial charge is 0.160 e. The van der Waals surface area contributed by atoms with E-state index in [2.05, 4.69) is 195 Å². The molecule has 1 aliphatic rings. The predicted molar refractivity (Wildman–Crippen MR) is 253 cm³/mol. The van der Waals surface area contributed by atoms with Crippen molar-refractivity contribution in [2.75, 3.05) is 0 Å². The van der Waals surface area contributed by atoms with Crippen LogP contribution in [0.25, 0.3) is 100 Å². The highest BCUT2D eigenvalue weighted by atomic mass is 14.9. The molecule has 0 amide bonds. The van der Waals surface area contributed by atoms with Crippen LogP contribution in [-0.2, 0) is 5.41 Å². The van der Waals surface area contributed by atoms with E-state index in [-0.39, 0.29) is 5.41 Å². The zero-order valence-electron chi connectivity index (χ0n) is 34.0. The minimum Gasteiger partial charge on any atom is -0.264 e. The molecule has 0 N–H and O–H groups in total. The van der Waals surface area contributed by atoms with Crippen LogP contribution in [0.2, 0.25) is 0 Å².